The number of ether oxygens (including phenoxy) is 3. The van der Waals surface area contributed by atoms with Crippen LogP contribution in [0.3, 0.4) is 0 Å². The van der Waals surface area contributed by atoms with Crippen molar-refractivity contribution >= 4 is 44.7 Å². The zero-order valence-electron chi connectivity index (χ0n) is 36.6. The van der Waals surface area contributed by atoms with Crippen LogP contribution in [0.15, 0.2) is 36.4 Å². The number of nitrogens with zero attached hydrogens (tertiary/aromatic N) is 3. The van der Waals surface area contributed by atoms with E-state index in [1.54, 1.807) is 6.92 Å². The lowest BCUT2D eigenvalue weighted by atomic mass is 9.65. The van der Waals surface area contributed by atoms with Crippen LogP contribution in [0, 0.1) is 11.8 Å². The average molecular weight is 889 g/mol. The van der Waals surface area contributed by atoms with E-state index in [1.807, 2.05) is 36.4 Å². The Morgan fingerprint density at radius 3 is 2.54 bits per heavy atom. The number of amides is 4. The molecule has 7 aliphatic rings. The van der Waals surface area contributed by atoms with Gasteiger partial charge in [-0.15, -0.1) is 0 Å². The molecule has 0 spiro atoms. The number of allylic oxidation sites excluding steroid dienone is 1. The summed E-state index contributed by atoms with van der Waals surface area (Å²) in [6.07, 6.45) is 15.0. The second-order valence-electron chi connectivity index (χ2n) is 19.4. The highest BCUT2D eigenvalue weighted by molar-refractivity contribution is 7.91. The molecule has 4 amide bonds. The number of benzene rings is 1. The first-order valence-electron chi connectivity index (χ1n) is 23.7. The molecule has 15 nitrogen and oxygen atoms in total. The third-order valence-electron chi connectivity index (χ3n) is 14.9. The van der Waals surface area contributed by atoms with Gasteiger partial charge in [-0.05, 0) is 122 Å². The summed E-state index contributed by atoms with van der Waals surface area (Å²) in [7, 11) is -4.01. The van der Waals surface area contributed by atoms with E-state index in [1.165, 1.54) is 17.7 Å². The van der Waals surface area contributed by atoms with Gasteiger partial charge in [0.05, 0.1) is 22.4 Å². The van der Waals surface area contributed by atoms with Crippen LogP contribution in [-0.4, -0.2) is 114 Å². The first kappa shape index (κ1) is 43.8. The van der Waals surface area contributed by atoms with E-state index in [-0.39, 0.29) is 31.4 Å². The summed E-state index contributed by atoms with van der Waals surface area (Å²) in [5.41, 5.74) is 0.0354. The van der Waals surface area contributed by atoms with Gasteiger partial charge < -0.3 is 29.7 Å². The van der Waals surface area contributed by atoms with Crippen LogP contribution in [0.4, 0.5) is 4.79 Å². The number of pyridine rings is 1. The van der Waals surface area contributed by atoms with Crippen molar-refractivity contribution < 1.29 is 41.8 Å². The Balaban J connectivity index is 1.06. The first-order chi connectivity index (χ1) is 30.4. The molecule has 0 radical (unpaired) electrons. The summed E-state index contributed by atoms with van der Waals surface area (Å²) < 4.78 is 47.6. The summed E-state index contributed by atoms with van der Waals surface area (Å²) in [5, 5.41) is 6.81. The number of rotatable bonds is 7. The van der Waals surface area contributed by atoms with Crippen LogP contribution < -0.4 is 24.8 Å². The van der Waals surface area contributed by atoms with Crippen LogP contribution in [0.25, 0.3) is 10.9 Å². The fraction of sp³-hybridized carbons (Fsp3) is 0.681. The molecule has 3 N–H and O–H groups in total. The fourth-order valence-electron chi connectivity index (χ4n) is 10.3. The van der Waals surface area contributed by atoms with Crippen molar-refractivity contribution in [3.8, 4) is 11.6 Å². The van der Waals surface area contributed by atoms with Gasteiger partial charge in [-0.3, -0.25) is 24.0 Å². The Morgan fingerprint density at radius 1 is 0.952 bits per heavy atom. The molecule has 3 aliphatic carbocycles. The number of nitrogens with one attached hydrogen (secondary N) is 3. The number of carbonyl (C=O) groups is 4. The molecule has 1 aromatic heterocycles. The molecule has 3 bridgehead atoms. The normalized spacial score (nSPS) is 31.5. The summed E-state index contributed by atoms with van der Waals surface area (Å²) in [6.45, 7) is 5.08. The standard InChI is InChI=1S/C47H64N6O9S/c1-46(22-23-46)63(58,59)51-44(56)47-21-20-32(47)15-7-3-2-4-9-19-37-43(55)53-30-33(29-38(53)41(54)50-47)61-42-35(17-8-5-6-14-31-28-39(31)62-45(57)49-37)40(34-16-10-11-18-36(34)48-42)60-27-26-52-24-12-13-25-52/h7,10-11,15-16,18,31-33,37-39H,2-6,8-9,12-14,17,19-30H2,1H3,(H,49,57)(H,50,54)(H,51,56). The number of likely N-dealkylation sites (tertiary alicyclic amines) is 1. The van der Waals surface area contributed by atoms with E-state index < -0.39 is 68.2 Å². The van der Waals surface area contributed by atoms with Crippen LogP contribution in [0.1, 0.15) is 122 Å². The molecule has 3 saturated carbocycles. The number of carbonyl (C=O) groups excluding carboxylic acids is 4. The maximum absolute atomic E-state index is 14.9. The molecule has 4 aliphatic heterocycles. The summed E-state index contributed by atoms with van der Waals surface area (Å²) >= 11 is 0. The predicted molar refractivity (Wildman–Crippen MR) is 235 cm³/mol. The Labute approximate surface area is 370 Å². The highest BCUT2D eigenvalue weighted by Gasteiger charge is 2.58. The van der Waals surface area contributed by atoms with Crippen LogP contribution in [0.2, 0.25) is 0 Å². The second kappa shape index (κ2) is 18.2. The molecule has 342 valence electrons. The highest BCUT2D eigenvalue weighted by Crippen LogP contribution is 2.45. The van der Waals surface area contributed by atoms with E-state index in [9.17, 15) is 27.6 Å². The third kappa shape index (κ3) is 9.39. The molecule has 5 heterocycles. The van der Waals surface area contributed by atoms with E-state index in [2.05, 4.69) is 20.3 Å². The number of para-hydroxylation sites is 1. The average Bonchev–Trinajstić information content (AvgIpc) is 4.05. The number of hydrogen-bond acceptors (Lipinski definition) is 11. The van der Waals surface area contributed by atoms with E-state index in [0.717, 1.165) is 81.3 Å². The minimum absolute atomic E-state index is 0.0171. The lowest BCUT2D eigenvalue weighted by Gasteiger charge is -2.47. The molecule has 7 atom stereocenters. The maximum atomic E-state index is 14.9. The highest BCUT2D eigenvalue weighted by atomic mass is 32.2. The smallest absolute Gasteiger partial charge is 0.408 e. The summed E-state index contributed by atoms with van der Waals surface area (Å²) in [5.74, 6) is -0.812. The SMILES string of the molecule is CC1(S(=O)(=O)NC(=O)C23CCC2C=CCCCCCC2NC(=O)OC4CC4CCCCCc4c(nc5ccccc5c4OCCN4CCCC4)OC4CC(C(=O)N3)N(C4)C2=O)CC1. The van der Waals surface area contributed by atoms with Gasteiger partial charge in [-0.25, -0.2) is 18.2 Å². The first-order valence-corrected chi connectivity index (χ1v) is 25.2. The van der Waals surface area contributed by atoms with Crippen LogP contribution >= 0.6 is 0 Å². The third-order valence-corrected chi connectivity index (χ3v) is 17.0. The fourth-order valence-corrected chi connectivity index (χ4v) is 11.6. The lowest BCUT2D eigenvalue weighted by Crippen LogP contribution is -2.70. The van der Waals surface area contributed by atoms with Crippen molar-refractivity contribution in [3.63, 3.8) is 0 Å². The molecule has 2 aromatic rings. The molecule has 2 saturated heterocycles. The largest absolute Gasteiger partial charge is 0.491 e. The van der Waals surface area contributed by atoms with Crippen molar-refractivity contribution in [1.29, 1.82) is 0 Å². The quantitative estimate of drug-likeness (QED) is 0.301. The summed E-state index contributed by atoms with van der Waals surface area (Å²) in [6, 6.07) is 5.81. The van der Waals surface area contributed by atoms with Gasteiger partial charge >= 0.3 is 6.09 Å². The molecule has 16 heteroatoms. The Morgan fingerprint density at radius 2 is 1.75 bits per heavy atom. The minimum atomic E-state index is -4.01. The van der Waals surface area contributed by atoms with Crippen molar-refractivity contribution in [2.45, 2.75) is 157 Å². The van der Waals surface area contributed by atoms with Crippen LogP contribution in [-0.2, 0) is 35.6 Å². The van der Waals surface area contributed by atoms with Gasteiger partial charge in [0.15, 0.2) is 0 Å². The number of hydrogen-bond donors (Lipinski definition) is 3. The molecule has 63 heavy (non-hydrogen) atoms. The number of fused-ring (bicyclic) bond motifs is 6. The predicted octanol–water partition coefficient (Wildman–Crippen LogP) is 5.44. The van der Waals surface area contributed by atoms with Gasteiger partial charge in [-0.2, -0.15) is 0 Å². The lowest BCUT2D eigenvalue weighted by molar-refractivity contribution is -0.144. The zero-order chi connectivity index (χ0) is 43.8. The molecular weight excluding hydrogens is 825 g/mol. The number of sulfonamides is 1. The Hall–Kier alpha value is -4.44. The van der Waals surface area contributed by atoms with Gasteiger partial charge in [0, 0.05) is 24.3 Å². The van der Waals surface area contributed by atoms with Gasteiger partial charge in [-0.1, -0.05) is 50.0 Å². The van der Waals surface area contributed by atoms with Crippen LogP contribution in [0.5, 0.6) is 11.6 Å². The second-order valence-corrected chi connectivity index (χ2v) is 21.6. The Bertz CT molecular complexity index is 2210. The molecular formula is C47H64N6O9S. The minimum Gasteiger partial charge on any atom is -0.491 e. The van der Waals surface area contributed by atoms with Crippen molar-refractivity contribution in [1.82, 2.24) is 30.1 Å². The van der Waals surface area contributed by atoms with Gasteiger partial charge in [0.2, 0.25) is 27.7 Å². The van der Waals surface area contributed by atoms with Gasteiger partial charge in [0.1, 0.15) is 42.2 Å². The monoisotopic (exact) mass is 888 g/mol. The van der Waals surface area contributed by atoms with E-state index in [0.29, 0.717) is 62.9 Å². The molecule has 7 unspecified atom stereocenters. The number of aromatic nitrogens is 1. The molecule has 9 rings (SSSR count). The van der Waals surface area contributed by atoms with Crippen molar-refractivity contribution in [3.05, 3.63) is 42.0 Å². The zero-order valence-corrected chi connectivity index (χ0v) is 37.4. The molecule has 1 aromatic carbocycles. The topological polar surface area (TPSA) is 186 Å². The van der Waals surface area contributed by atoms with E-state index in [4.69, 9.17) is 19.2 Å². The van der Waals surface area contributed by atoms with Crippen molar-refractivity contribution in [2.75, 3.05) is 32.8 Å². The van der Waals surface area contributed by atoms with Crippen molar-refractivity contribution in [2.24, 2.45) is 11.8 Å². The summed E-state index contributed by atoms with van der Waals surface area (Å²) in [4.78, 5) is 66.4. The Kier molecular flexibility index (Phi) is 12.7. The van der Waals surface area contributed by atoms with Gasteiger partial charge in [0.25, 0.3) is 5.91 Å². The number of alkyl carbamates (subject to hydrolysis) is 1. The van der Waals surface area contributed by atoms with E-state index >= 15 is 0 Å². The molecule has 5 fully saturated rings. The maximum Gasteiger partial charge on any atom is 0.408 e.